The van der Waals surface area contributed by atoms with Crippen LogP contribution in [0.4, 0.5) is 0 Å². The highest BCUT2D eigenvalue weighted by Gasteiger charge is 2.28. The summed E-state index contributed by atoms with van der Waals surface area (Å²) >= 11 is 0. The Kier molecular flexibility index (Phi) is 3.77. The number of rotatable bonds is 0. The van der Waals surface area contributed by atoms with Crippen molar-refractivity contribution < 1.29 is 0 Å². The van der Waals surface area contributed by atoms with Crippen molar-refractivity contribution in [1.29, 1.82) is 0 Å². The zero-order valence-corrected chi connectivity index (χ0v) is 17.8. The van der Waals surface area contributed by atoms with Gasteiger partial charge in [-0.3, -0.25) is 0 Å². The smallest absolute Gasteiger partial charge is 0.00106 e. The van der Waals surface area contributed by atoms with Crippen molar-refractivity contribution in [3.63, 3.8) is 0 Å². The number of hydrogen-bond donors (Lipinski definition) is 0. The molecular formula is C32H22. The number of allylic oxidation sites excluding steroid dienone is 4. The Morgan fingerprint density at radius 2 is 0.750 bits per heavy atom. The third-order valence-corrected chi connectivity index (χ3v) is 7.18. The van der Waals surface area contributed by atoms with Crippen molar-refractivity contribution in [2.45, 2.75) is 12.8 Å². The Balaban J connectivity index is 0.000000113. The SMILES string of the molecule is C1=C2C(=Cc3ccccc32)c2ccccc21.c1ccc2c(c1)CC1=C2Cc2ccccc21. The van der Waals surface area contributed by atoms with Gasteiger partial charge in [-0.15, -0.1) is 0 Å². The lowest BCUT2D eigenvalue weighted by Crippen LogP contribution is -1.90. The maximum atomic E-state index is 2.30. The van der Waals surface area contributed by atoms with Crippen molar-refractivity contribution >= 4 is 34.4 Å². The maximum absolute atomic E-state index is 2.30. The summed E-state index contributed by atoms with van der Waals surface area (Å²) in [6.07, 6.45) is 6.85. The first kappa shape index (κ1) is 17.7. The fourth-order valence-corrected chi connectivity index (χ4v) is 5.70. The zero-order valence-electron chi connectivity index (χ0n) is 17.8. The number of fused-ring (bicyclic) bond motifs is 9. The highest BCUT2D eigenvalue weighted by atomic mass is 14.3. The predicted molar refractivity (Wildman–Crippen MR) is 136 cm³/mol. The number of benzene rings is 4. The maximum Gasteiger partial charge on any atom is -0.00106 e. The second kappa shape index (κ2) is 6.80. The lowest BCUT2D eigenvalue weighted by atomic mass is 9.99. The van der Waals surface area contributed by atoms with Gasteiger partial charge in [0.25, 0.3) is 0 Å². The fraction of sp³-hybridized carbons (Fsp3) is 0.0625. The van der Waals surface area contributed by atoms with Crippen molar-refractivity contribution in [1.82, 2.24) is 0 Å². The van der Waals surface area contributed by atoms with Crippen molar-refractivity contribution in [2.24, 2.45) is 0 Å². The summed E-state index contributed by atoms with van der Waals surface area (Å²) in [4.78, 5) is 0. The van der Waals surface area contributed by atoms with Crippen LogP contribution in [-0.2, 0) is 12.8 Å². The van der Waals surface area contributed by atoms with Crippen LogP contribution < -0.4 is 0 Å². The van der Waals surface area contributed by atoms with Gasteiger partial charge < -0.3 is 0 Å². The summed E-state index contributed by atoms with van der Waals surface area (Å²) < 4.78 is 0. The second-order valence-electron chi connectivity index (χ2n) is 8.92. The summed E-state index contributed by atoms with van der Waals surface area (Å²) in [5, 5.41) is 0. The number of hydrogen-bond acceptors (Lipinski definition) is 0. The molecule has 8 rings (SSSR count). The third-order valence-electron chi connectivity index (χ3n) is 7.18. The molecule has 0 heterocycles. The molecule has 0 nitrogen and oxygen atoms in total. The Morgan fingerprint density at radius 3 is 1.22 bits per heavy atom. The summed E-state index contributed by atoms with van der Waals surface area (Å²) in [5.74, 6) is 0. The molecule has 0 saturated carbocycles. The largest absolute Gasteiger partial charge is 0.0619 e. The lowest BCUT2D eigenvalue weighted by molar-refractivity contribution is 1.26. The highest BCUT2D eigenvalue weighted by Crippen LogP contribution is 2.48. The van der Waals surface area contributed by atoms with E-state index in [4.69, 9.17) is 0 Å². The minimum absolute atomic E-state index is 1.13. The molecule has 0 N–H and O–H groups in total. The average Bonchev–Trinajstić information content (AvgIpc) is 3.57. The Hall–Kier alpha value is -3.90. The van der Waals surface area contributed by atoms with Gasteiger partial charge in [-0.1, -0.05) is 97.1 Å². The summed E-state index contributed by atoms with van der Waals surface area (Å²) in [6.45, 7) is 0. The van der Waals surface area contributed by atoms with E-state index < -0.39 is 0 Å². The van der Waals surface area contributed by atoms with Gasteiger partial charge in [-0.2, -0.15) is 0 Å². The van der Waals surface area contributed by atoms with E-state index in [-0.39, 0.29) is 0 Å². The minimum Gasteiger partial charge on any atom is -0.0619 e. The van der Waals surface area contributed by atoms with Crippen LogP contribution in [0.2, 0.25) is 0 Å². The predicted octanol–water partition coefficient (Wildman–Crippen LogP) is 7.80. The summed E-state index contributed by atoms with van der Waals surface area (Å²) in [6, 6.07) is 34.8. The van der Waals surface area contributed by atoms with Crippen LogP contribution in [0, 0.1) is 0 Å². The van der Waals surface area contributed by atoms with Gasteiger partial charge in [0.05, 0.1) is 0 Å². The Morgan fingerprint density at radius 1 is 0.375 bits per heavy atom. The third kappa shape index (κ3) is 2.56. The van der Waals surface area contributed by atoms with Gasteiger partial charge in [0.15, 0.2) is 0 Å². The molecule has 0 fully saturated rings. The highest BCUT2D eigenvalue weighted by molar-refractivity contribution is 6.25. The van der Waals surface area contributed by atoms with E-state index in [1.54, 1.807) is 11.1 Å². The van der Waals surface area contributed by atoms with Crippen molar-refractivity contribution in [3.05, 3.63) is 142 Å². The fourth-order valence-electron chi connectivity index (χ4n) is 5.70. The first-order valence-electron chi connectivity index (χ1n) is 11.4. The molecular weight excluding hydrogens is 384 g/mol. The van der Waals surface area contributed by atoms with Crippen LogP contribution in [0.5, 0.6) is 0 Å². The lowest BCUT2D eigenvalue weighted by Gasteiger charge is -2.05. The van der Waals surface area contributed by atoms with Crippen LogP contribution in [-0.4, -0.2) is 0 Å². The monoisotopic (exact) mass is 406 g/mol. The molecule has 32 heavy (non-hydrogen) atoms. The standard InChI is InChI=1S/C16H12.C16H10/c2*1-3-7-13-11(5-1)9-15-14-8-4-2-6-12(14)10-16(13)15/h1-8H,9-10H2;1-10H. The van der Waals surface area contributed by atoms with Gasteiger partial charge in [0, 0.05) is 0 Å². The normalized spacial score (nSPS) is 15.5. The van der Waals surface area contributed by atoms with E-state index in [0.717, 1.165) is 12.8 Å². The molecule has 0 bridgehead atoms. The van der Waals surface area contributed by atoms with Gasteiger partial charge in [0.1, 0.15) is 0 Å². The van der Waals surface area contributed by atoms with E-state index in [2.05, 4.69) is 109 Å². The molecule has 0 atom stereocenters. The topological polar surface area (TPSA) is 0 Å². The van der Waals surface area contributed by atoms with E-state index in [1.165, 1.54) is 55.7 Å². The van der Waals surface area contributed by atoms with E-state index in [9.17, 15) is 0 Å². The van der Waals surface area contributed by atoms with E-state index in [1.807, 2.05) is 0 Å². The molecule has 4 aliphatic rings. The second-order valence-corrected chi connectivity index (χ2v) is 8.92. The van der Waals surface area contributed by atoms with Gasteiger partial charge in [0.2, 0.25) is 0 Å². The van der Waals surface area contributed by atoms with Gasteiger partial charge in [-0.05, 0) is 91.8 Å². The van der Waals surface area contributed by atoms with Crippen LogP contribution >= 0.6 is 0 Å². The molecule has 0 radical (unpaired) electrons. The van der Waals surface area contributed by atoms with Crippen molar-refractivity contribution in [2.75, 3.05) is 0 Å². The molecule has 4 aromatic rings. The first-order chi connectivity index (χ1) is 15.9. The Bertz CT molecular complexity index is 1370. The minimum atomic E-state index is 1.13. The quantitative estimate of drug-likeness (QED) is 0.279. The van der Waals surface area contributed by atoms with E-state index >= 15 is 0 Å². The summed E-state index contributed by atoms with van der Waals surface area (Å²) in [5.41, 5.74) is 17.3. The molecule has 0 saturated heterocycles. The molecule has 150 valence electrons. The Labute approximate surface area is 188 Å². The molecule has 0 aromatic heterocycles. The average molecular weight is 407 g/mol. The van der Waals surface area contributed by atoms with Crippen LogP contribution in [0.15, 0.2) is 97.1 Å². The van der Waals surface area contributed by atoms with E-state index in [0.29, 0.717) is 0 Å². The molecule has 4 aliphatic carbocycles. The van der Waals surface area contributed by atoms with Crippen molar-refractivity contribution in [3.8, 4) is 0 Å². The molecule has 0 amide bonds. The molecule has 0 unspecified atom stereocenters. The molecule has 0 aliphatic heterocycles. The summed E-state index contributed by atoms with van der Waals surface area (Å²) in [7, 11) is 0. The molecule has 4 aromatic carbocycles. The van der Waals surface area contributed by atoms with Crippen LogP contribution in [0.25, 0.3) is 34.4 Å². The van der Waals surface area contributed by atoms with Crippen LogP contribution in [0.1, 0.15) is 44.5 Å². The zero-order chi connectivity index (χ0) is 21.1. The van der Waals surface area contributed by atoms with Gasteiger partial charge in [-0.25, -0.2) is 0 Å². The first-order valence-corrected chi connectivity index (χ1v) is 11.4. The van der Waals surface area contributed by atoms with Crippen LogP contribution in [0.3, 0.4) is 0 Å². The molecule has 0 spiro atoms. The molecule has 0 heteroatoms. The van der Waals surface area contributed by atoms with Gasteiger partial charge >= 0.3 is 0 Å².